The van der Waals surface area contributed by atoms with E-state index < -0.39 is 25.1 Å². The van der Waals surface area contributed by atoms with Crippen molar-refractivity contribution >= 4 is 17.6 Å². The fourth-order valence-corrected chi connectivity index (χ4v) is 2.29. The van der Waals surface area contributed by atoms with Crippen molar-refractivity contribution < 1.29 is 27.8 Å². The van der Waals surface area contributed by atoms with Gasteiger partial charge < -0.3 is 14.8 Å². The molecule has 0 bridgehead atoms. The average molecular weight is 377 g/mol. The summed E-state index contributed by atoms with van der Waals surface area (Å²) in [5, 5.41) is 2.61. The van der Waals surface area contributed by atoms with Crippen LogP contribution in [0.3, 0.4) is 0 Å². The minimum absolute atomic E-state index is 0.00818. The summed E-state index contributed by atoms with van der Waals surface area (Å²) in [6.45, 7) is 2.61. The maximum Gasteiger partial charge on any atom is 0.387 e. The molecule has 27 heavy (non-hydrogen) atoms. The number of para-hydroxylation sites is 1. The monoisotopic (exact) mass is 377 g/mol. The van der Waals surface area contributed by atoms with E-state index >= 15 is 0 Å². The third-order valence-corrected chi connectivity index (χ3v) is 3.69. The van der Waals surface area contributed by atoms with Crippen molar-refractivity contribution in [3.05, 3.63) is 59.7 Å². The molecule has 0 saturated heterocycles. The Balaban J connectivity index is 1.93. The number of hydrogen-bond donors (Lipinski definition) is 1. The summed E-state index contributed by atoms with van der Waals surface area (Å²) >= 11 is 0. The Morgan fingerprint density at radius 2 is 1.67 bits per heavy atom. The number of nitrogens with one attached hydrogen (secondary N) is 1. The van der Waals surface area contributed by atoms with E-state index in [9.17, 15) is 18.4 Å². The van der Waals surface area contributed by atoms with Crippen LogP contribution in [0.5, 0.6) is 5.75 Å². The normalized spacial score (nSPS) is 11.2. The summed E-state index contributed by atoms with van der Waals surface area (Å²) in [7, 11) is 0. The van der Waals surface area contributed by atoms with Gasteiger partial charge in [-0.3, -0.25) is 4.79 Å². The average Bonchev–Trinajstić information content (AvgIpc) is 2.59. The lowest BCUT2D eigenvalue weighted by atomic mass is 9.87. The van der Waals surface area contributed by atoms with E-state index in [1.807, 2.05) is 12.1 Å². The molecule has 0 atom stereocenters. The summed E-state index contributed by atoms with van der Waals surface area (Å²) in [6, 6.07) is 12.7. The molecule has 5 nitrogen and oxygen atoms in total. The van der Waals surface area contributed by atoms with E-state index in [1.54, 1.807) is 12.1 Å². The Labute approximate surface area is 156 Å². The molecule has 0 fully saturated rings. The molecule has 0 radical (unpaired) electrons. The van der Waals surface area contributed by atoms with Crippen molar-refractivity contribution in [1.82, 2.24) is 0 Å². The number of amides is 1. The van der Waals surface area contributed by atoms with Gasteiger partial charge in [-0.05, 0) is 35.2 Å². The zero-order chi connectivity index (χ0) is 20.0. The zero-order valence-electron chi connectivity index (χ0n) is 15.3. The van der Waals surface area contributed by atoms with Gasteiger partial charge in [0.1, 0.15) is 11.3 Å². The van der Waals surface area contributed by atoms with Crippen LogP contribution in [0, 0.1) is 0 Å². The van der Waals surface area contributed by atoms with Crippen molar-refractivity contribution in [1.29, 1.82) is 0 Å². The fourth-order valence-electron chi connectivity index (χ4n) is 2.29. The lowest BCUT2D eigenvalue weighted by molar-refractivity contribution is -0.119. The van der Waals surface area contributed by atoms with Crippen LogP contribution in [0.4, 0.5) is 14.5 Å². The number of carbonyl (C=O) groups is 2. The molecule has 0 spiro atoms. The highest BCUT2D eigenvalue weighted by atomic mass is 19.3. The number of rotatable bonds is 6. The Morgan fingerprint density at radius 3 is 2.26 bits per heavy atom. The van der Waals surface area contributed by atoms with Crippen LogP contribution >= 0.6 is 0 Å². The molecule has 2 rings (SSSR count). The number of alkyl halides is 2. The predicted octanol–water partition coefficient (Wildman–Crippen LogP) is 4.38. The molecule has 0 aliphatic rings. The minimum Gasteiger partial charge on any atom is -0.452 e. The van der Waals surface area contributed by atoms with Crippen LogP contribution < -0.4 is 10.1 Å². The van der Waals surface area contributed by atoms with Gasteiger partial charge in [-0.15, -0.1) is 0 Å². The second-order valence-electron chi connectivity index (χ2n) is 6.83. The maximum absolute atomic E-state index is 12.4. The van der Waals surface area contributed by atoms with E-state index in [2.05, 4.69) is 30.8 Å². The molecular weight excluding hydrogens is 356 g/mol. The molecule has 0 unspecified atom stereocenters. The van der Waals surface area contributed by atoms with E-state index in [0.29, 0.717) is 5.69 Å². The Bertz CT molecular complexity index is 798. The minimum atomic E-state index is -3.07. The second-order valence-corrected chi connectivity index (χ2v) is 6.83. The first-order valence-corrected chi connectivity index (χ1v) is 8.28. The van der Waals surface area contributed by atoms with Crippen molar-refractivity contribution in [2.24, 2.45) is 0 Å². The van der Waals surface area contributed by atoms with Crippen molar-refractivity contribution in [3.63, 3.8) is 0 Å². The smallest absolute Gasteiger partial charge is 0.387 e. The van der Waals surface area contributed by atoms with Crippen LogP contribution in [-0.4, -0.2) is 25.1 Å². The Kier molecular flexibility index (Phi) is 6.50. The summed E-state index contributed by atoms with van der Waals surface area (Å²) in [5.74, 6) is -1.78. The molecule has 0 aliphatic heterocycles. The van der Waals surface area contributed by atoms with Gasteiger partial charge in [-0.2, -0.15) is 8.78 Å². The highest BCUT2D eigenvalue weighted by molar-refractivity contribution is 5.96. The van der Waals surface area contributed by atoms with E-state index in [0.717, 1.165) is 5.56 Å². The van der Waals surface area contributed by atoms with Gasteiger partial charge in [0.15, 0.2) is 6.61 Å². The summed E-state index contributed by atoms with van der Waals surface area (Å²) < 4.78 is 33.9. The van der Waals surface area contributed by atoms with Crippen LogP contribution in [0.1, 0.15) is 36.7 Å². The van der Waals surface area contributed by atoms with Crippen LogP contribution in [-0.2, 0) is 14.9 Å². The maximum atomic E-state index is 12.4. The number of hydrogen-bond acceptors (Lipinski definition) is 4. The van der Waals surface area contributed by atoms with Gasteiger partial charge in [-0.25, -0.2) is 4.79 Å². The lowest BCUT2D eigenvalue weighted by Gasteiger charge is -2.19. The van der Waals surface area contributed by atoms with Crippen LogP contribution in [0.15, 0.2) is 48.5 Å². The number of halogens is 2. The number of carbonyl (C=O) groups excluding carboxylic acids is 2. The fraction of sp³-hybridized carbons (Fsp3) is 0.300. The van der Waals surface area contributed by atoms with Crippen LogP contribution in [0.2, 0.25) is 0 Å². The third-order valence-electron chi connectivity index (χ3n) is 3.69. The highest BCUT2D eigenvalue weighted by Gasteiger charge is 2.18. The highest BCUT2D eigenvalue weighted by Crippen LogP contribution is 2.24. The topological polar surface area (TPSA) is 64.6 Å². The largest absolute Gasteiger partial charge is 0.452 e. The van der Waals surface area contributed by atoms with E-state index in [-0.39, 0.29) is 16.7 Å². The first kappa shape index (κ1) is 20.4. The predicted molar refractivity (Wildman–Crippen MR) is 97.1 cm³/mol. The first-order chi connectivity index (χ1) is 12.7. The molecule has 2 aromatic carbocycles. The van der Waals surface area contributed by atoms with Gasteiger partial charge >= 0.3 is 12.6 Å². The third kappa shape index (κ3) is 6.06. The Morgan fingerprint density at radius 1 is 1.04 bits per heavy atom. The molecule has 0 aromatic heterocycles. The molecule has 0 saturated carbocycles. The van der Waals surface area contributed by atoms with Crippen molar-refractivity contribution in [3.8, 4) is 5.75 Å². The molecule has 1 amide bonds. The van der Waals surface area contributed by atoms with E-state index in [4.69, 9.17) is 4.74 Å². The van der Waals surface area contributed by atoms with Gasteiger partial charge in [0.25, 0.3) is 5.91 Å². The first-order valence-electron chi connectivity index (χ1n) is 8.28. The number of anilines is 1. The number of benzene rings is 2. The zero-order valence-corrected chi connectivity index (χ0v) is 15.3. The van der Waals surface area contributed by atoms with Gasteiger partial charge in [0.2, 0.25) is 0 Å². The van der Waals surface area contributed by atoms with E-state index in [1.165, 1.54) is 24.3 Å². The molecule has 0 aliphatic carbocycles. The van der Waals surface area contributed by atoms with Crippen molar-refractivity contribution in [2.75, 3.05) is 11.9 Å². The summed E-state index contributed by atoms with van der Waals surface area (Å²) in [6.07, 6.45) is 0. The SMILES string of the molecule is CC(C)(C)c1ccc(NC(=O)COC(=O)c2ccccc2OC(F)F)cc1. The summed E-state index contributed by atoms with van der Waals surface area (Å²) in [4.78, 5) is 24.0. The molecule has 7 heteroatoms. The quantitative estimate of drug-likeness (QED) is 0.759. The summed E-state index contributed by atoms with van der Waals surface area (Å²) in [5.41, 5.74) is 1.49. The molecule has 144 valence electrons. The second kappa shape index (κ2) is 8.62. The van der Waals surface area contributed by atoms with Crippen molar-refractivity contribution in [2.45, 2.75) is 32.8 Å². The molecule has 1 N–H and O–H groups in total. The molecular formula is C20H21F2NO4. The van der Waals surface area contributed by atoms with Gasteiger partial charge in [-0.1, -0.05) is 45.0 Å². The van der Waals surface area contributed by atoms with Gasteiger partial charge in [0, 0.05) is 5.69 Å². The number of ether oxygens (including phenoxy) is 2. The number of esters is 1. The Hall–Kier alpha value is -2.96. The van der Waals surface area contributed by atoms with Gasteiger partial charge in [0.05, 0.1) is 0 Å². The van der Waals surface area contributed by atoms with Crippen LogP contribution in [0.25, 0.3) is 0 Å². The molecule has 0 heterocycles. The standard InChI is InChI=1S/C20H21F2NO4/c1-20(2,3)13-8-10-14(11-9-13)23-17(24)12-26-18(25)15-6-4-5-7-16(15)27-19(21)22/h4-11,19H,12H2,1-3H3,(H,23,24). The molecule has 2 aromatic rings. The lowest BCUT2D eigenvalue weighted by Crippen LogP contribution is -2.21.